The van der Waals surface area contributed by atoms with Crippen molar-refractivity contribution < 1.29 is 0 Å². The van der Waals surface area contributed by atoms with E-state index in [0.29, 0.717) is 12.5 Å². The highest BCUT2D eigenvalue weighted by molar-refractivity contribution is 7.10. The van der Waals surface area contributed by atoms with E-state index in [9.17, 15) is 0 Å². The molecule has 1 aromatic heterocycles. The van der Waals surface area contributed by atoms with Crippen LogP contribution in [0.3, 0.4) is 0 Å². The topological polar surface area (TPSA) is 64.9 Å². The first-order chi connectivity index (χ1) is 7.70. The molecule has 2 rings (SSSR count). The van der Waals surface area contributed by atoms with Crippen LogP contribution in [0.5, 0.6) is 0 Å². The van der Waals surface area contributed by atoms with E-state index in [1.807, 2.05) is 24.3 Å². The third-order valence-electron chi connectivity index (χ3n) is 2.48. The molecule has 1 heterocycles. The summed E-state index contributed by atoms with van der Waals surface area (Å²) < 4.78 is 0. The highest BCUT2D eigenvalue weighted by atomic mass is 32.1. The van der Waals surface area contributed by atoms with E-state index in [1.54, 1.807) is 11.3 Å². The number of anilines is 1. The molecule has 0 aliphatic heterocycles. The number of nitrogen functional groups attached to an aromatic ring is 1. The van der Waals surface area contributed by atoms with Crippen LogP contribution in [0.4, 0.5) is 5.69 Å². The minimum atomic E-state index is 0.319. The third-order valence-corrected chi connectivity index (χ3v) is 3.56. The number of rotatable bonds is 3. The van der Waals surface area contributed by atoms with Crippen molar-refractivity contribution in [3.8, 4) is 11.3 Å². The van der Waals surface area contributed by atoms with Crippen LogP contribution in [-0.2, 0) is 0 Å². The summed E-state index contributed by atoms with van der Waals surface area (Å²) in [5, 5.41) is 3.14. The largest absolute Gasteiger partial charge is 0.399 e. The lowest BCUT2D eigenvalue weighted by Gasteiger charge is -2.02. The van der Waals surface area contributed by atoms with Crippen LogP contribution in [0.2, 0.25) is 0 Å². The molecular weight excluding hydrogens is 218 g/mol. The molecule has 0 radical (unpaired) electrons. The smallest absolute Gasteiger partial charge is 0.0973 e. The monoisotopic (exact) mass is 233 g/mol. The lowest BCUT2D eigenvalue weighted by Crippen LogP contribution is -2.08. The summed E-state index contributed by atoms with van der Waals surface area (Å²) in [4.78, 5) is 4.58. The molecule has 0 aliphatic rings. The molecule has 0 fully saturated rings. The van der Waals surface area contributed by atoms with Gasteiger partial charge in [-0.15, -0.1) is 11.3 Å². The van der Waals surface area contributed by atoms with Crippen molar-refractivity contribution >= 4 is 17.0 Å². The Hall–Kier alpha value is -1.39. The van der Waals surface area contributed by atoms with Crippen LogP contribution in [0.25, 0.3) is 11.3 Å². The molecule has 1 atom stereocenters. The van der Waals surface area contributed by atoms with Crippen LogP contribution < -0.4 is 11.5 Å². The second-order valence-corrected chi connectivity index (χ2v) is 4.72. The van der Waals surface area contributed by atoms with Crippen LogP contribution in [0, 0.1) is 0 Å². The molecule has 84 valence electrons. The first-order valence-electron chi connectivity index (χ1n) is 5.22. The molecule has 4 N–H and O–H groups in total. The van der Waals surface area contributed by atoms with E-state index < -0.39 is 0 Å². The summed E-state index contributed by atoms with van der Waals surface area (Å²) in [5.74, 6) is 0.319. The molecule has 3 nitrogen and oxygen atoms in total. The fourth-order valence-corrected chi connectivity index (χ4v) is 2.35. The van der Waals surface area contributed by atoms with Crippen molar-refractivity contribution in [2.45, 2.75) is 12.8 Å². The van der Waals surface area contributed by atoms with Gasteiger partial charge in [0, 0.05) is 29.1 Å². The van der Waals surface area contributed by atoms with Gasteiger partial charge in [-0.05, 0) is 12.1 Å². The average molecular weight is 233 g/mol. The molecule has 2 aromatic rings. The van der Waals surface area contributed by atoms with Gasteiger partial charge < -0.3 is 11.5 Å². The Bertz CT molecular complexity index is 479. The van der Waals surface area contributed by atoms with Crippen LogP contribution >= 0.6 is 11.3 Å². The second kappa shape index (κ2) is 4.63. The maximum atomic E-state index is 5.74. The molecular formula is C12H15N3S. The molecule has 1 aromatic carbocycles. The van der Waals surface area contributed by atoms with Crippen LogP contribution in [-0.4, -0.2) is 11.5 Å². The maximum Gasteiger partial charge on any atom is 0.0973 e. The van der Waals surface area contributed by atoms with Crippen molar-refractivity contribution in [1.29, 1.82) is 0 Å². The summed E-state index contributed by atoms with van der Waals surface area (Å²) in [6, 6.07) is 7.77. The first-order valence-corrected chi connectivity index (χ1v) is 6.10. The Kier molecular flexibility index (Phi) is 3.22. The molecule has 1 unspecified atom stereocenters. The Morgan fingerprint density at radius 2 is 2.25 bits per heavy atom. The van der Waals surface area contributed by atoms with Gasteiger partial charge in [-0.1, -0.05) is 19.1 Å². The van der Waals surface area contributed by atoms with Crippen molar-refractivity contribution in [3.05, 3.63) is 34.7 Å². The van der Waals surface area contributed by atoms with Crippen molar-refractivity contribution in [2.75, 3.05) is 12.3 Å². The summed E-state index contributed by atoms with van der Waals surface area (Å²) in [6.45, 7) is 2.71. The van der Waals surface area contributed by atoms with E-state index in [0.717, 1.165) is 22.0 Å². The molecule has 0 spiro atoms. The zero-order chi connectivity index (χ0) is 11.5. The van der Waals surface area contributed by atoms with E-state index >= 15 is 0 Å². The SMILES string of the molecule is CC(CN)c1nc(-c2cccc(N)c2)cs1. The molecule has 0 bridgehead atoms. The van der Waals surface area contributed by atoms with Crippen molar-refractivity contribution in [2.24, 2.45) is 5.73 Å². The van der Waals surface area contributed by atoms with E-state index in [4.69, 9.17) is 11.5 Å². The zero-order valence-electron chi connectivity index (χ0n) is 9.18. The van der Waals surface area contributed by atoms with Gasteiger partial charge >= 0.3 is 0 Å². The number of thiazole rings is 1. The van der Waals surface area contributed by atoms with Gasteiger partial charge in [0.1, 0.15) is 0 Å². The number of benzene rings is 1. The fraction of sp³-hybridized carbons (Fsp3) is 0.250. The van der Waals surface area contributed by atoms with Gasteiger partial charge in [0.2, 0.25) is 0 Å². The van der Waals surface area contributed by atoms with E-state index in [2.05, 4.69) is 17.3 Å². The Morgan fingerprint density at radius 3 is 2.94 bits per heavy atom. The fourth-order valence-electron chi connectivity index (χ4n) is 1.45. The molecule has 0 aliphatic carbocycles. The summed E-state index contributed by atoms with van der Waals surface area (Å²) in [5.41, 5.74) is 14.2. The minimum absolute atomic E-state index is 0.319. The van der Waals surface area contributed by atoms with Gasteiger partial charge in [-0.2, -0.15) is 0 Å². The minimum Gasteiger partial charge on any atom is -0.399 e. The predicted octanol–water partition coefficient (Wildman–Crippen LogP) is 2.45. The van der Waals surface area contributed by atoms with Gasteiger partial charge in [-0.3, -0.25) is 0 Å². The van der Waals surface area contributed by atoms with Crippen LogP contribution in [0.1, 0.15) is 17.8 Å². The van der Waals surface area contributed by atoms with Crippen LogP contribution in [0.15, 0.2) is 29.6 Å². The summed E-state index contributed by atoms with van der Waals surface area (Å²) >= 11 is 1.65. The number of hydrogen-bond acceptors (Lipinski definition) is 4. The number of hydrogen-bond donors (Lipinski definition) is 2. The summed E-state index contributed by atoms with van der Waals surface area (Å²) in [6.07, 6.45) is 0. The number of aromatic nitrogens is 1. The van der Waals surface area contributed by atoms with Gasteiger partial charge in [0.25, 0.3) is 0 Å². The number of nitrogens with two attached hydrogens (primary N) is 2. The lowest BCUT2D eigenvalue weighted by molar-refractivity contribution is 0.766. The molecule has 0 saturated heterocycles. The standard InChI is InChI=1S/C12H15N3S/c1-8(6-13)12-15-11(7-16-12)9-3-2-4-10(14)5-9/h2-5,7-8H,6,13-14H2,1H3. The predicted molar refractivity (Wildman–Crippen MR) is 69.4 cm³/mol. The maximum absolute atomic E-state index is 5.74. The highest BCUT2D eigenvalue weighted by Gasteiger charge is 2.09. The average Bonchev–Trinajstić information content (AvgIpc) is 2.77. The van der Waals surface area contributed by atoms with Gasteiger partial charge in [0.05, 0.1) is 10.7 Å². The second-order valence-electron chi connectivity index (χ2n) is 3.83. The van der Waals surface area contributed by atoms with E-state index in [1.165, 1.54) is 0 Å². The van der Waals surface area contributed by atoms with Gasteiger partial charge in [-0.25, -0.2) is 4.98 Å². The first kappa shape index (κ1) is 11.1. The number of nitrogens with zero attached hydrogens (tertiary/aromatic N) is 1. The highest BCUT2D eigenvalue weighted by Crippen LogP contribution is 2.26. The Labute approximate surface area is 99.1 Å². The zero-order valence-corrected chi connectivity index (χ0v) is 10.00. The summed E-state index contributed by atoms with van der Waals surface area (Å²) in [7, 11) is 0. The lowest BCUT2D eigenvalue weighted by atomic mass is 10.1. The Morgan fingerprint density at radius 1 is 1.44 bits per heavy atom. The molecule has 0 saturated carbocycles. The third kappa shape index (κ3) is 2.23. The van der Waals surface area contributed by atoms with E-state index in [-0.39, 0.29) is 0 Å². The Balaban J connectivity index is 2.31. The quantitative estimate of drug-likeness (QED) is 0.800. The van der Waals surface area contributed by atoms with Gasteiger partial charge in [0.15, 0.2) is 0 Å². The molecule has 0 amide bonds. The van der Waals surface area contributed by atoms with Crippen molar-refractivity contribution in [3.63, 3.8) is 0 Å². The normalized spacial score (nSPS) is 12.6. The van der Waals surface area contributed by atoms with Crippen molar-refractivity contribution in [1.82, 2.24) is 4.98 Å². The molecule has 4 heteroatoms. The molecule has 16 heavy (non-hydrogen) atoms.